The zero-order chi connectivity index (χ0) is 20.6. The Balaban J connectivity index is 1.79. The van der Waals surface area contributed by atoms with E-state index in [1.807, 2.05) is 42.5 Å². The topological polar surface area (TPSA) is 60.4 Å². The number of nitrogens with zero attached hydrogens (tertiary/aromatic N) is 1. The predicted octanol–water partition coefficient (Wildman–Crippen LogP) is 3.16. The van der Waals surface area contributed by atoms with Crippen molar-refractivity contribution in [2.24, 2.45) is 0 Å². The Morgan fingerprint density at radius 3 is 2.45 bits per heavy atom. The molecule has 6 nitrogen and oxygen atoms in total. The second-order valence-electron chi connectivity index (χ2n) is 6.82. The maximum absolute atomic E-state index is 9.88. The number of methoxy groups -OCH3 is 3. The molecule has 1 aliphatic heterocycles. The molecule has 0 aromatic heterocycles. The molecule has 0 bridgehead atoms. The van der Waals surface area contributed by atoms with Crippen molar-refractivity contribution in [1.82, 2.24) is 4.90 Å². The summed E-state index contributed by atoms with van der Waals surface area (Å²) in [7, 11) is 4.90. The lowest BCUT2D eigenvalue weighted by molar-refractivity contribution is -0.0896. The third kappa shape index (κ3) is 5.09. The zero-order valence-electron chi connectivity index (χ0n) is 17.2. The van der Waals surface area contributed by atoms with E-state index >= 15 is 0 Å². The molecule has 1 heterocycles. The molecule has 0 radical (unpaired) electrons. The van der Waals surface area contributed by atoms with E-state index in [9.17, 15) is 5.11 Å². The highest BCUT2D eigenvalue weighted by Gasteiger charge is 2.33. The minimum atomic E-state index is -0.295. The lowest BCUT2D eigenvalue weighted by atomic mass is 9.97. The largest absolute Gasteiger partial charge is 0.497 e. The van der Waals surface area contributed by atoms with Crippen LogP contribution in [0.15, 0.2) is 48.5 Å². The molecule has 0 aliphatic carbocycles. The van der Waals surface area contributed by atoms with Gasteiger partial charge in [-0.05, 0) is 35.4 Å². The van der Waals surface area contributed by atoms with Crippen LogP contribution in [-0.4, -0.2) is 63.7 Å². The van der Waals surface area contributed by atoms with E-state index in [-0.39, 0.29) is 18.8 Å². The third-order valence-electron chi connectivity index (χ3n) is 5.15. The Morgan fingerprint density at radius 2 is 1.79 bits per heavy atom. The van der Waals surface area contributed by atoms with Gasteiger partial charge in [0.2, 0.25) is 0 Å². The number of hydrogen-bond acceptors (Lipinski definition) is 6. The highest BCUT2D eigenvalue weighted by molar-refractivity contribution is 5.51. The summed E-state index contributed by atoms with van der Waals surface area (Å²) in [6.45, 7) is 2.07. The predicted molar refractivity (Wildman–Crippen MR) is 113 cm³/mol. The summed E-state index contributed by atoms with van der Waals surface area (Å²) in [5.74, 6) is 2.19. The van der Waals surface area contributed by atoms with Crippen LogP contribution in [-0.2, 0) is 4.74 Å². The van der Waals surface area contributed by atoms with Crippen LogP contribution in [0.25, 0.3) is 6.08 Å². The number of ether oxygens (including phenoxy) is 4. The summed E-state index contributed by atoms with van der Waals surface area (Å²) in [6, 6.07) is 13.7. The molecule has 1 fully saturated rings. The molecule has 29 heavy (non-hydrogen) atoms. The lowest BCUT2D eigenvalue weighted by Crippen LogP contribution is -2.46. The molecule has 0 amide bonds. The first-order valence-electron chi connectivity index (χ1n) is 9.69. The van der Waals surface area contributed by atoms with Crippen molar-refractivity contribution < 1.29 is 24.1 Å². The van der Waals surface area contributed by atoms with Crippen LogP contribution >= 0.6 is 0 Å². The third-order valence-corrected chi connectivity index (χ3v) is 5.15. The van der Waals surface area contributed by atoms with Gasteiger partial charge < -0.3 is 24.1 Å². The van der Waals surface area contributed by atoms with Crippen LogP contribution in [0.1, 0.15) is 17.2 Å². The summed E-state index contributed by atoms with van der Waals surface area (Å²) in [4.78, 5) is 2.31. The van der Waals surface area contributed by atoms with E-state index in [4.69, 9.17) is 18.9 Å². The SMILES string of the molecule is COc1ccc(C=CCN2CCO[C@H](CO)[C@H]2c2ccc(OC)c(OC)c2)cc1. The Labute approximate surface area is 172 Å². The molecular formula is C23H29NO5. The fourth-order valence-electron chi connectivity index (χ4n) is 3.65. The molecule has 0 spiro atoms. The van der Waals surface area contributed by atoms with Crippen molar-refractivity contribution >= 4 is 6.08 Å². The maximum atomic E-state index is 9.88. The highest BCUT2D eigenvalue weighted by Crippen LogP contribution is 2.35. The van der Waals surface area contributed by atoms with Crippen molar-refractivity contribution in [1.29, 1.82) is 0 Å². The molecule has 2 atom stereocenters. The standard InChI is InChI=1S/C23H29NO5/c1-26-19-9-6-17(7-10-19)5-4-12-24-13-14-29-22(16-25)23(24)18-8-11-20(27-2)21(15-18)28-3/h4-11,15,22-23,25H,12-14,16H2,1-3H3/t22-,23-/m1/s1. The van der Waals surface area contributed by atoms with Crippen molar-refractivity contribution in [2.75, 3.05) is 47.6 Å². The molecule has 3 rings (SSSR count). The first kappa shape index (κ1) is 21.2. The molecule has 1 aliphatic rings. The molecule has 1 N–H and O–H groups in total. The summed E-state index contributed by atoms with van der Waals surface area (Å²) in [6.07, 6.45) is 3.93. The van der Waals surface area contributed by atoms with E-state index in [0.29, 0.717) is 18.1 Å². The molecule has 6 heteroatoms. The number of rotatable bonds is 8. The van der Waals surface area contributed by atoms with Crippen LogP contribution in [0.2, 0.25) is 0 Å². The maximum Gasteiger partial charge on any atom is 0.161 e. The van der Waals surface area contributed by atoms with Gasteiger partial charge in [0.15, 0.2) is 11.5 Å². The lowest BCUT2D eigenvalue weighted by Gasteiger charge is -2.40. The molecule has 1 saturated heterocycles. The van der Waals surface area contributed by atoms with Crippen LogP contribution in [0.4, 0.5) is 0 Å². The molecular weight excluding hydrogens is 370 g/mol. The summed E-state index contributed by atoms with van der Waals surface area (Å²) in [5.41, 5.74) is 2.14. The van der Waals surface area contributed by atoms with Gasteiger partial charge >= 0.3 is 0 Å². The summed E-state index contributed by atoms with van der Waals surface area (Å²) in [5, 5.41) is 9.88. The Bertz CT molecular complexity index is 805. The smallest absolute Gasteiger partial charge is 0.161 e. The second kappa shape index (κ2) is 10.3. The highest BCUT2D eigenvalue weighted by atomic mass is 16.5. The number of morpholine rings is 1. The van der Waals surface area contributed by atoms with Gasteiger partial charge in [-0.15, -0.1) is 0 Å². The van der Waals surface area contributed by atoms with E-state index in [0.717, 1.165) is 30.0 Å². The Kier molecular flexibility index (Phi) is 7.52. The van der Waals surface area contributed by atoms with Crippen molar-refractivity contribution in [2.45, 2.75) is 12.1 Å². The zero-order valence-corrected chi connectivity index (χ0v) is 17.2. The van der Waals surface area contributed by atoms with Gasteiger partial charge in [-0.3, -0.25) is 4.90 Å². The Morgan fingerprint density at radius 1 is 1.03 bits per heavy atom. The first-order valence-corrected chi connectivity index (χ1v) is 9.69. The number of benzene rings is 2. The van der Waals surface area contributed by atoms with Crippen LogP contribution in [0.5, 0.6) is 17.2 Å². The first-order chi connectivity index (χ1) is 14.2. The van der Waals surface area contributed by atoms with Crippen LogP contribution < -0.4 is 14.2 Å². The van der Waals surface area contributed by atoms with Gasteiger partial charge in [0.25, 0.3) is 0 Å². The van der Waals surface area contributed by atoms with Gasteiger partial charge in [-0.25, -0.2) is 0 Å². The fraction of sp³-hybridized carbons (Fsp3) is 0.391. The average Bonchev–Trinajstić information content (AvgIpc) is 2.78. The van der Waals surface area contributed by atoms with Crippen molar-refractivity contribution in [3.63, 3.8) is 0 Å². The van der Waals surface area contributed by atoms with E-state index in [1.54, 1.807) is 21.3 Å². The van der Waals surface area contributed by atoms with E-state index in [2.05, 4.69) is 17.1 Å². The van der Waals surface area contributed by atoms with Crippen molar-refractivity contribution in [3.8, 4) is 17.2 Å². The molecule has 156 valence electrons. The van der Waals surface area contributed by atoms with Gasteiger partial charge in [0.1, 0.15) is 11.9 Å². The van der Waals surface area contributed by atoms with Gasteiger partial charge in [-0.2, -0.15) is 0 Å². The van der Waals surface area contributed by atoms with Crippen LogP contribution in [0.3, 0.4) is 0 Å². The number of aliphatic hydroxyl groups excluding tert-OH is 1. The normalized spacial score (nSPS) is 20.0. The van der Waals surface area contributed by atoms with E-state index in [1.165, 1.54) is 0 Å². The van der Waals surface area contributed by atoms with E-state index < -0.39 is 0 Å². The average molecular weight is 399 g/mol. The minimum absolute atomic E-state index is 0.0439. The van der Waals surface area contributed by atoms with Gasteiger partial charge in [0.05, 0.1) is 40.6 Å². The Hall–Kier alpha value is -2.54. The molecule has 2 aromatic carbocycles. The molecule has 0 saturated carbocycles. The summed E-state index contributed by atoms with van der Waals surface area (Å²) < 4.78 is 21.9. The van der Waals surface area contributed by atoms with Gasteiger partial charge in [0, 0.05) is 13.1 Å². The number of aliphatic hydroxyl groups is 1. The monoisotopic (exact) mass is 399 g/mol. The molecule has 2 aromatic rings. The molecule has 0 unspecified atom stereocenters. The van der Waals surface area contributed by atoms with Crippen LogP contribution in [0, 0.1) is 0 Å². The van der Waals surface area contributed by atoms with Crippen molar-refractivity contribution in [3.05, 3.63) is 59.7 Å². The second-order valence-corrected chi connectivity index (χ2v) is 6.82. The van der Waals surface area contributed by atoms with Gasteiger partial charge in [-0.1, -0.05) is 30.4 Å². The quantitative estimate of drug-likeness (QED) is 0.736. The fourth-order valence-corrected chi connectivity index (χ4v) is 3.65. The summed E-state index contributed by atoms with van der Waals surface area (Å²) >= 11 is 0. The number of hydrogen-bond donors (Lipinski definition) is 1. The minimum Gasteiger partial charge on any atom is -0.497 e.